The van der Waals surface area contributed by atoms with E-state index in [9.17, 15) is 18.0 Å². The molecule has 1 heterocycles. The monoisotopic (exact) mass is 494 g/mol. The largest absolute Gasteiger partial charge is 0.325 e. The van der Waals surface area contributed by atoms with Crippen LogP contribution < -0.4 is 16.0 Å². The lowest BCUT2D eigenvalue weighted by molar-refractivity contribution is -0.113. The molecule has 0 aliphatic rings. The van der Waals surface area contributed by atoms with Gasteiger partial charge in [-0.2, -0.15) is 0 Å². The number of nitrogens with zero attached hydrogens (tertiary/aromatic N) is 2. The van der Waals surface area contributed by atoms with Crippen LogP contribution in [0.3, 0.4) is 0 Å². The van der Waals surface area contributed by atoms with Crippen LogP contribution in [0.4, 0.5) is 5.69 Å². The number of sulfonamides is 1. The van der Waals surface area contributed by atoms with Crippen molar-refractivity contribution < 1.29 is 13.2 Å². The van der Waals surface area contributed by atoms with Crippen LogP contribution in [-0.4, -0.2) is 29.6 Å². The fourth-order valence-electron chi connectivity index (χ4n) is 3.37. The predicted octanol–water partition coefficient (Wildman–Crippen LogP) is 3.33. The summed E-state index contributed by atoms with van der Waals surface area (Å²) in [6.45, 7) is 2.06. The van der Waals surface area contributed by atoms with E-state index in [1.807, 2.05) is 30.3 Å². The topological polar surface area (TPSA) is 124 Å². The number of thioether (sulfide) groups is 1. The van der Waals surface area contributed by atoms with Crippen LogP contribution in [0.5, 0.6) is 0 Å². The highest BCUT2D eigenvalue weighted by molar-refractivity contribution is 7.99. The van der Waals surface area contributed by atoms with E-state index in [0.29, 0.717) is 27.4 Å². The lowest BCUT2D eigenvalue weighted by Gasteiger charge is -2.14. The summed E-state index contributed by atoms with van der Waals surface area (Å²) in [5.74, 6) is -0.335. The standard InChI is InChI=1S/C24H22N4O4S2/c1-2-16-7-11-18(12-8-16)28-23(30)20-5-3-4-6-21(20)27-24(28)33-15-22(29)26-17-9-13-19(14-10-17)34(25,31)32/h3-14H,2,15H2,1H3,(H,26,29)(H2,25,31,32). The van der Waals surface area contributed by atoms with Gasteiger partial charge in [-0.25, -0.2) is 18.5 Å². The van der Waals surface area contributed by atoms with Crippen LogP contribution in [0.15, 0.2) is 87.6 Å². The summed E-state index contributed by atoms with van der Waals surface area (Å²) >= 11 is 1.14. The summed E-state index contributed by atoms with van der Waals surface area (Å²) < 4.78 is 24.3. The molecule has 1 amide bonds. The molecule has 0 radical (unpaired) electrons. The third kappa shape index (κ3) is 5.19. The number of rotatable bonds is 7. The number of nitrogens with two attached hydrogens (primary N) is 1. The maximum atomic E-state index is 13.3. The highest BCUT2D eigenvalue weighted by Crippen LogP contribution is 2.22. The van der Waals surface area contributed by atoms with Crippen molar-refractivity contribution in [3.8, 4) is 5.69 Å². The van der Waals surface area contributed by atoms with Gasteiger partial charge in [0.1, 0.15) is 0 Å². The third-order valence-corrected chi connectivity index (χ3v) is 7.01. The zero-order chi connectivity index (χ0) is 24.3. The summed E-state index contributed by atoms with van der Waals surface area (Å²) in [7, 11) is -3.81. The molecule has 1 aromatic heterocycles. The number of aryl methyl sites for hydroxylation is 1. The normalized spacial score (nSPS) is 11.5. The van der Waals surface area contributed by atoms with Gasteiger partial charge in [0.15, 0.2) is 5.16 Å². The Bertz CT molecular complexity index is 1510. The van der Waals surface area contributed by atoms with E-state index in [2.05, 4.69) is 17.2 Å². The zero-order valence-electron chi connectivity index (χ0n) is 18.3. The van der Waals surface area contributed by atoms with Gasteiger partial charge >= 0.3 is 0 Å². The van der Waals surface area contributed by atoms with Crippen LogP contribution >= 0.6 is 11.8 Å². The van der Waals surface area contributed by atoms with Crippen molar-refractivity contribution in [2.24, 2.45) is 5.14 Å². The number of nitrogens with one attached hydrogen (secondary N) is 1. The lowest BCUT2D eigenvalue weighted by Crippen LogP contribution is -2.23. The van der Waals surface area contributed by atoms with Gasteiger partial charge in [-0.05, 0) is 60.5 Å². The molecule has 10 heteroatoms. The fourth-order valence-corrected chi connectivity index (χ4v) is 4.70. The minimum absolute atomic E-state index is 0.00520. The molecular weight excluding hydrogens is 472 g/mol. The van der Waals surface area contributed by atoms with Crippen molar-refractivity contribution in [2.75, 3.05) is 11.1 Å². The molecule has 0 aliphatic carbocycles. The molecule has 3 N–H and O–H groups in total. The van der Waals surface area contributed by atoms with Gasteiger partial charge in [-0.15, -0.1) is 0 Å². The predicted molar refractivity (Wildman–Crippen MR) is 134 cm³/mol. The number of primary sulfonamides is 1. The maximum Gasteiger partial charge on any atom is 0.266 e. The van der Waals surface area contributed by atoms with Crippen molar-refractivity contribution in [1.29, 1.82) is 0 Å². The van der Waals surface area contributed by atoms with Gasteiger partial charge in [0.25, 0.3) is 5.56 Å². The molecule has 0 spiro atoms. The number of para-hydroxylation sites is 1. The average molecular weight is 495 g/mol. The molecule has 3 aromatic carbocycles. The van der Waals surface area contributed by atoms with E-state index >= 15 is 0 Å². The van der Waals surface area contributed by atoms with Gasteiger partial charge in [0, 0.05) is 5.69 Å². The molecule has 0 saturated heterocycles. The number of anilines is 1. The molecule has 34 heavy (non-hydrogen) atoms. The Balaban J connectivity index is 1.60. The molecule has 4 rings (SSSR count). The summed E-state index contributed by atoms with van der Waals surface area (Å²) in [5.41, 5.74) is 2.58. The maximum absolute atomic E-state index is 13.3. The van der Waals surface area contributed by atoms with Crippen LogP contribution in [0, 0.1) is 0 Å². The highest BCUT2D eigenvalue weighted by Gasteiger charge is 2.15. The van der Waals surface area contributed by atoms with Crippen molar-refractivity contribution in [1.82, 2.24) is 9.55 Å². The van der Waals surface area contributed by atoms with Crippen LogP contribution in [0.25, 0.3) is 16.6 Å². The molecule has 174 valence electrons. The Morgan fingerprint density at radius 2 is 1.71 bits per heavy atom. The first-order valence-electron chi connectivity index (χ1n) is 10.4. The van der Waals surface area contributed by atoms with E-state index in [1.165, 1.54) is 28.8 Å². The molecule has 0 saturated carbocycles. The molecule has 8 nitrogen and oxygen atoms in total. The summed E-state index contributed by atoms with van der Waals surface area (Å²) in [4.78, 5) is 30.5. The van der Waals surface area contributed by atoms with Gasteiger partial charge in [-0.1, -0.05) is 43.0 Å². The molecule has 4 aromatic rings. The van der Waals surface area contributed by atoms with E-state index in [-0.39, 0.29) is 22.1 Å². The Kier molecular flexibility index (Phi) is 6.82. The van der Waals surface area contributed by atoms with Crippen LogP contribution in [-0.2, 0) is 21.2 Å². The quantitative estimate of drug-likeness (QED) is 0.300. The van der Waals surface area contributed by atoms with E-state index in [1.54, 1.807) is 18.2 Å². The van der Waals surface area contributed by atoms with Gasteiger partial charge in [0.05, 0.1) is 27.2 Å². The number of amides is 1. The van der Waals surface area contributed by atoms with E-state index in [0.717, 1.165) is 23.7 Å². The van der Waals surface area contributed by atoms with Crippen molar-refractivity contribution in [2.45, 2.75) is 23.4 Å². The summed E-state index contributed by atoms with van der Waals surface area (Å²) in [5, 5.41) is 8.69. The van der Waals surface area contributed by atoms with Gasteiger partial charge in [-0.3, -0.25) is 14.2 Å². The van der Waals surface area contributed by atoms with Gasteiger partial charge < -0.3 is 5.32 Å². The zero-order valence-corrected chi connectivity index (χ0v) is 19.9. The number of carbonyl (C=O) groups excluding carboxylic acids is 1. The highest BCUT2D eigenvalue weighted by atomic mass is 32.2. The number of benzene rings is 3. The smallest absolute Gasteiger partial charge is 0.266 e. The second-order valence-electron chi connectivity index (χ2n) is 7.48. The Labute approximate surface area is 200 Å². The molecule has 0 atom stereocenters. The Morgan fingerprint density at radius 1 is 1.03 bits per heavy atom. The third-order valence-electron chi connectivity index (χ3n) is 5.15. The molecule has 0 aliphatic heterocycles. The Morgan fingerprint density at radius 3 is 2.35 bits per heavy atom. The number of fused-ring (bicyclic) bond motifs is 1. The minimum atomic E-state index is -3.81. The first-order chi connectivity index (χ1) is 16.3. The van der Waals surface area contributed by atoms with Crippen molar-refractivity contribution >= 4 is 44.3 Å². The second kappa shape index (κ2) is 9.80. The number of aromatic nitrogens is 2. The van der Waals surface area contributed by atoms with Crippen LogP contribution in [0.2, 0.25) is 0 Å². The average Bonchev–Trinajstić information content (AvgIpc) is 2.83. The second-order valence-corrected chi connectivity index (χ2v) is 9.98. The number of hydrogen-bond donors (Lipinski definition) is 2. The first kappa shape index (κ1) is 23.7. The van der Waals surface area contributed by atoms with E-state index in [4.69, 9.17) is 5.14 Å². The van der Waals surface area contributed by atoms with Gasteiger partial charge in [0.2, 0.25) is 15.9 Å². The fraction of sp³-hybridized carbons (Fsp3) is 0.125. The van der Waals surface area contributed by atoms with Crippen molar-refractivity contribution in [3.63, 3.8) is 0 Å². The number of carbonyl (C=O) groups is 1. The summed E-state index contributed by atoms with van der Waals surface area (Å²) in [6, 6.07) is 20.3. The number of hydrogen-bond acceptors (Lipinski definition) is 6. The first-order valence-corrected chi connectivity index (χ1v) is 13.0. The lowest BCUT2D eigenvalue weighted by atomic mass is 10.1. The molecular formula is C24H22N4O4S2. The SMILES string of the molecule is CCc1ccc(-n2c(SCC(=O)Nc3ccc(S(N)(=O)=O)cc3)nc3ccccc3c2=O)cc1. The summed E-state index contributed by atoms with van der Waals surface area (Å²) in [6.07, 6.45) is 0.880. The van der Waals surface area contributed by atoms with E-state index < -0.39 is 10.0 Å². The molecule has 0 bridgehead atoms. The molecule has 0 unspecified atom stereocenters. The van der Waals surface area contributed by atoms with Crippen molar-refractivity contribution in [3.05, 3.63) is 88.7 Å². The molecule has 0 fully saturated rings. The van der Waals surface area contributed by atoms with Crippen LogP contribution in [0.1, 0.15) is 12.5 Å². The minimum Gasteiger partial charge on any atom is -0.325 e. The Hall–Kier alpha value is -3.47.